The van der Waals surface area contributed by atoms with Crippen LogP contribution in [0.5, 0.6) is 0 Å². The molecule has 0 radical (unpaired) electrons. The Labute approximate surface area is 114 Å². The summed E-state index contributed by atoms with van der Waals surface area (Å²) < 4.78 is 0. The molecule has 0 spiro atoms. The predicted molar refractivity (Wildman–Crippen MR) is 71.7 cm³/mol. The van der Waals surface area contributed by atoms with E-state index in [-0.39, 0.29) is 18.0 Å². The molecule has 2 bridgehead atoms. The van der Waals surface area contributed by atoms with E-state index in [1.807, 2.05) is 0 Å². The third kappa shape index (κ3) is 3.01. The second-order valence-corrected chi connectivity index (χ2v) is 6.09. The number of hydrogen-bond donors (Lipinski definition) is 3. The minimum absolute atomic E-state index is 0.187. The summed E-state index contributed by atoms with van der Waals surface area (Å²) in [5.41, 5.74) is 0. The first-order chi connectivity index (χ1) is 9.02. The zero-order valence-electron chi connectivity index (χ0n) is 11.7. The summed E-state index contributed by atoms with van der Waals surface area (Å²) in [5, 5.41) is 15.0. The second-order valence-electron chi connectivity index (χ2n) is 6.09. The van der Waals surface area contributed by atoms with Gasteiger partial charge in [-0.15, -0.1) is 0 Å². The Morgan fingerprint density at radius 2 is 2.00 bits per heavy atom. The lowest BCUT2D eigenvalue weighted by Crippen LogP contribution is -2.50. The molecule has 5 unspecified atom stereocenters. The number of carbonyl (C=O) groups excluding carboxylic acids is 1. The second kappa shape index (κ2) is 5.80. The Morgan fingerprint density at radius 3 is 2.63 bits per heavy atom. The number of hydrogen-bond acceptors (Lipinski definition) is 2. The molecule has 0 aliphatic heterocycles. The average Bonchev–Trinajstić information content (AvgIpc) is 2.96. The van der Waals surface area contributed by atoms with E-state index < -0.39 is 11.9 Å². The summed E-state index contributed by atoms with van der Waals surface area (Å²) in [5.74, 6) is -0.114. The number of urea groups is 1. The predicted octanol–water partition coefficient (Wildman–Crippen LogP) is 1.83. The number of amides is 2. The number of rotatable bonds is 5. The van der Waals surface area contributed by atoms with Crippen LogP contribution >= 0.6 is 0 Å². The van der Waals surface area contributed by atoms with Crippen molar-refractivity contribution in [3.63, 3.8) is 0 Å². The minimum Gasteiger partial charge on any atom is -0.481 e. The lowest BCUT2D eigenvalue weighted by molar-refractivity contribution is -0.144. The van der Waals surface area contributed by atoms with Crippen molar-refractivity contribution in [1.82, 2.24) is 10.6 Å². The van der Waals surface area contributed by atoms with Crippen LogP contribution in [0.15, 0.2) is 0 Å². The smallest absolute Gasteiger partial charge is 0.315 e. The lowest BCUT2D eigenvalue weighted by atomic mass is 9.84. The van der Waals surface area contributed by atoms with Gasteiger partial charge >= 0.3 is 12.0 Å². The van der Waals surface area contributed by atoms with Gasteiger partial charge in [-0.1, -0.05) is 20.3 Å². The third-order valence-electron chi connectivity index (χ3n) is 4.81. The first-order valence-electron chi connectivity index (χ1n) is 7.30. The standard InChI is InChI=1S/C14H24N2O3/c1-3-8(2)7-15-14(19)16-12-10-5-4-9(6-10)11(12)13(17)18/h8-12H,3-7H2,1-2H3,(H,17,18)(H2,15,16,19). The number of aliphatic carboxylic acids is 1. The molecular formula is C14H24N2O3. The molecule has 3 N–H and O–H groups in total. The van der Waals surface area contributed by atoms with Gasteiger partial charge in [0.1, 0.15) is 0 Å². The number of carbonyl (C=O) groups is 2. The molecule has 0 heterocycles. The molecule has 0 aromatic heterocycles. The highest BCUT2D eigenvalue weighted by molar-refractivity contribution is 5.77. The first kappa shape index (κ1) is 14.2. The molecule has 2 aliphatic rings. The monoisotopic (exact) mass is 268 g/mol. The Hall–Kier alpha value is -1.26. The van der Waals surface area contributed by atoms with E-state index >= 15 is 0 Å². The molecule has 5 atom stereocenters. The van der Waals surface area contributed by atoms with Gasteiger partial charge in [0.15, 0.2) is 0 Å². The summed E-state index contributed by atoms with van der Waals surface area (Å²) in [4.78, 5) is 23.2. The molecule has 2 amide bonds. The fourth-order valence-corrected chi connectivity index (χ4v) is 3.47. The van der Waals surface area contributed by atoms with Crippen molar-refractivity contribution in [2.24, 2.45) is 23.7 Å². The van der Waals surface area contributed by atoms with Gasteiger partial charge in [-0.05, 0) is 37.0 Å². The Kier molecular flexibility index (Phi) is 4.32. The van der Waals surface area contributed by atoms with E-state index in [1.165, 1.54) is 0 Å². The van der Waals surface area contributed by atoms with E-state index in [2.05, 4.69) is 24.5 Å². The lowest BCUT2D eigenvalue weighted by Gasteiger charge is -2.29. The Balaban J connectivity index is 1.87. The van der Waals surface area contributed by atoms with Crippen LogP contribution in [0.25, 0.3) is 0 Å². The molecule has 0 saturated heterocycles. The molecular weight excluding hydrogens is 244 g/mol. The zero-order valence-corrected chi connectivity index (χ0v) is 11.7. The van der Waals surface area contributed by atoms with Gasteiger partial charge in [-0.25, -0.2) is 4.79 Å². The molecule has 19 heavy (non-hydrogen) atoms. The van der Waals surface area contributed by atoms with Gasteiger partial charge in [0.25, 0.3) is 0 Å². The minimum atomic E-state index is -0.764. The molecule has 2 aliphatic carbocycles. The highest BCUT2D eigenvalue weighted by atomic mass is 16.4. The maximum Gasteiger partial charge on any atom is 0.315 e. The van der Waals surface area contributed by atoms with Crippen LogP contribution in [-0.2, 0) is 4.79 Å². The Morgan fingerprint density at radius 1 is 1.32 bits per heavy atom. The maximum atomic E-state index is 11.8. The third-order valence-corrected chi connectivity index (χ3v) is 4.81. The van der Waals surface area contributed by atoms with Gasteiger partial charge in [0.05, 0.1) is 5.92 Å². The molecule has 2 rings (SSSR count). The quantitative estimate of drug-likeness (QED) is 0.712. The highest BCUT2D eigenvalue weighted by Crippen LogP contribution is 2.48. The van der Waals surface area contributed by atoms with Gasteiger partial charge < -0.3 is 15.7 Å². The van der Waals surface area contributed by atoms with Crippen molar-refractivity contribution in [1.29, 1.82) is 0 Å². The topological polar surface area (TPSA) is 78.4 Å². The fourth-order valence-electron chi connectivity index (χ4n) is 3.47. The summed E-state index contributed by atoms with van der Waals surface area (Å²) in [7, 11) is 0. The van der Waals surface area contributed by atoms with Crippen molar-refractivity contribution < 1.29 is 14.7 Å². The molecule has 5 heteroatoms. The van der Waals surface area contributed by atoms with Crippen LogP contribution in [0.1, 0.15) is 39.5 Å². The number of carboxylic acid groups (broad SMARTS) is 1. The van der Waals surface area contributed by atoms with E-state index in [0.717, 1.165) is 25.7 Å². The number of carboxylic acids is 1. The van der Waals surface area contributed by atoms with Crippen LogP contribution in [0.3, 0.4) is 0 Å². The fraction of sp³-hybridized carbons (Fsp3) is 0.857. The van der Waals surface area contributed by atoms with Gasteiger partial charge in [0.2, 0.25) is 0 Å². The first-order valence-corrected chi connectivity index (χ1v) is 7.30. The average molecular weight is 268 g/mol. The highest BCUT2D eigenvalue weighted by Gasteiger charge is 2.51. The summed E-state index contributed by atoms with van der Waals surface area (Å²) in [6.07, 6.45) is 4.01. The normalized spacial score (nSPS) is 34.0. The van der Waals surface area contributed by atoms with E-state index in [1.54, 1.807) is 0 Å². The summed E-state index contributed by atoms with van der Waals surface area (Å²) in [6, 6.07) is -0.405. The van der Waals surface area contributed by atoms with Crippen LogP contribution in [-0.4, -0.2) is 29.7 Å². The van der Waals surface area contributed by atoms with Gasteiger partial charge in [0, 0.05) is 12.6 Å². The maximum absolute atomic E-state index is 11.8. The van der Waals surface area contributed by atoms with Crippen LogP contribution < -0.4 is 10.6 Å². The van der Waals surface area contributed by atoms with Crippen LogP contribution in [0.4, 0.5) is 4.79 Å². The SMILES string of the molecule is CCC(C)CNC(=O)NC1C2CCC(C2)C1C(=O)O. The van der Waals surface area contributed by atoms with Crippen LogP contribution in [0.2, 0.25) is 0 Å². The van der Waals surface area contributed by atoms with Crippen molar-refractivity contribution in [2.75, 3.05) is 6.54 Å². The Bertz CT molecular complexity index is 359. The van der Waals surface area contributed by atoms with Crippen molar-refractivity contribution in [3.05, 3.63) is 0 Å². The molecule has 0 aromatic rings. The van der Waals surface area contributed by atoms with Crippen molar-refractivity contribution in [3.8, 4) is 0 Å². The molecule has 0 aromatic carbocycles. The van der Waals surface area contributed by atoms with E-state index in [4.69, 9.17) is 0 Å². The van der Waals surface area contributed by atoms with Crippen molar-refractivity contribution >= 4 is 12.0 Å². The molecule has 108 valence electrons. The van der Waals surface area contributed by atoms with Gasteiger partial charge in [-0.2, -0.15) is 0 Å². The molecule has 2 saturated carbocycles. The van der Waals surface area contributed by atoms with Crippen LogP contribution in [0, 0.1) is 23.7 Å². The number of nitrogens with one attached hydrogen (secondary N) is 2. The largest absolute Gasteiger partial charge is 0.481 e. The number of fused-ring (bicyclic) bond motifs is 2. The molecule has 2 fully saturated rings. The van der Waals surface area contributed by atoms with Gasteiger partial charge in [-0.3, -0.25) is 4.79 Å². The zero-order chi connectivity index (χ0) is 14.0. The van der Waals surface area contributed by atoms with E-state index in [0.29, 0.717) is 18.4 Å². The van der Waals surface area contributed by atoms with Crippen molar-refractivity contribution in [2.45, 2.75) is 45.6 Å². The summed E-state index contributed by atoms with van der Waals surface area (Å²) >= 11 is 0. The summed E-state index contributed by atoms with van der Waals surface area (Å²) in [6.45, 7) is 4.80. The molecule has 5 nitrogen and oxygen atoms in total. The van der Waals surface area contributed by atoms with E-state index in [9.17, 15) is 14.7 Å².